The molecule has 0 saturated heterocycles. The monoisotopic (exact) mass is 283 g/mol. The first kappa shape index (κ1) is 11.2. The maximum atomic E-state index is 11.3. The van der Waals surface area contributed by atoms with E-state index in [0.29, 0.717) is 21.1 Å². The second-order valence-electron chi connectivity index (χ2n) is 3.36. The minimum absolute atomic E-state index is 0.285. The van der Waals surface area contributed by atoms with E-state index in [-0.39, 0.29) is 5.69 Å². The van der Waals surface area contributed by atoms with Gasteiger partial charge in [0, 0.05) is 13.1 Å². The molecule has 0 fully saturated rings. The minimum Gasteiger partial charge on any atom is -0.273 e. The molecule has 0 saturated carbocycles. The molecule has 0 spiro atoms. The Morgan fingerprint density at radius 1 is 1.50 bits per heavy atom. The van der Waals surface area contributed by atoms with Crippen LogP contribution in [0.15, 0.2) is 27.4 Å². The zero-order valence-electron chi connectivity index (χ0n) is 9.03. The molecule has 0 unspecified atom stereocenters. The molecule has 3 rings (SSSR count). The number of aromatic amines is 1. The molecule has 0 aliphatic carbocycles. The van der Waals surface area contributed by atoms with Crippen LogP contribution in [0, 0.1) is 0 Å². The Labute approximate surface area is 109 Å². The first-order valence-electron chi connectivity index (χ1n) is 4.80. The number of halogens is 1. The van der Waals surface area contributed by atoms with Gasteiger partial charge in [0.25, 0.3) is 5.78 Å². The Balaban J connectivity index is 2.12. The number of rotatable bonds is 2. The van der Waals surface area contributed by atoms with Crippen LogP contribution in [0.1, 0.15) is 0 Å². The van der Waals surface area contributed by atoms with Crippen molar-refractivity contribution in [3.8, 4) is 0 Å². The fraction of sp³-hybridized carbons (Fsp3) is 0.125. The van der Waals surface area contributed by atoms with Gasteiger partial charge in [0.1, 0.15) is 16.5 Å². The molecule has 0 atom stereocenters. The van der Waals surface area contributed by atoms with E-state index in [1.807, 2.05) is 0 Å². The number of fused-ring (bicyclic) bond motifs is 1. The Hall–Kier alpha value is -1.87. The molecule has 0 aliphatic heterocycles. The fourth-order valence-electron chi connectivity index (χ4n) is 1.35. The lowest BCUT2D eigenvalue weighted by Gasteiger charge is -2.02. The predicted octanol–water partition coefficient (Wildman–Crippen LogP) is 0.351. The lowest BCUT2D eigenvalue weighted by Crippen LogP contribution is -2.13. The van der Waals surface area contributed by atoms with Crippen molar-refractivity contribution in [1.29, 1.82) is 0 Å². The average molecular weight is 284 g/mol. The second kappa shape index (κ2) is 4.10. The zero-order chi connectivity index (χ0) is 12.7. The molecule has 92 valence electrons. The number of aromatic nitrogens is 7. The van der Waals surface area contributed by atoms with E-state index in [0.717, 1.165) is 0 Å². The highest BCUT2D eigenvalue weighted by molar-refractivity contribution is 7.99. The molecular formula is C8H6ClN7OS. The number of H-pyrrole nitrogens is 1. The van der Waals surface area contributed by atoms with E-state index in [9.17, 15) is 4.79 Å². The molecule has 3 heterocycles. The third-order valence-electron chi connectivity index (χ3n) is 2.22. The van der Waals surface area contributed by atoms with Gasteiger partial charge in [0.15, 0.2) is 5.16 Å². The Morgan fingerprint density at radius 2 is 2.33 bits per heavy atom. The summed E-state index contributed by atoms with van der Waals surface area (Å²) in [5, 5.41) is 11.8. The normalized spacial score (nSPS) is 11.2. The smallest absolute Gasteiger partial charge is 0.273 e. The molecule has 8 nitrogen and oxygen atoms in total. The van der Waals surface area contributed by atoms with Gasteiger partial charge in [-0.05, 0) is 11.8 Å². The van der Waals surface area contributed by atoms with Gasteiger partial charge in [-0.15, -0.1) is 5.10 Å². The first-order chi connectivity index (χ1) is 8.65. The SMILES string of the molecule is Cn1c(Sc2cc(Cl)nc3ncnn23)n[nH]c1=O. The summed E-state index contributed by atoms with van der Waals surface area (Å²) in [7, 11) is 1.62. The topological polar surface area (TPSA) is 93.8 Å². The van der Waals surface area contributed by atoms with Crippen molar-refractivity contribution in [3.63, 3.8) is 0 Å². The highest BCUT2D eigenvalue weighted by Gasteiger charge is 2.12. The van der Waals surface area contributed by atoms with Gasteiger partial charge in [-0.2, -0.15) is 19.6 Å². The van der Waals surface area contributed by atoms with E-state index in [4.69, 9.17) is 11.6 Å². The third-order valence-corrected chi connectivity index (χ3v) is 3.46. The van der Waals surface area contributed by atoms with Crippen molar-refractivity contribution in [3.05, 3.63) is 28.0 Å². The summed E-state index contributed by atoms with van der Waals surface area (Å²) in [4.78, 5) is 19.2. The maximum Gasteiger partial charge on any atom is 0.343 e. The summed E-state index contributed by atoms with van der Waals surface area (Å²) in [6, 6.07) is 1.63. The van der Waals surface area contributed by atoms with E-state index < -0.39 is 0 Å². The highest BCUT2D eigenvalue weighted by Crippen LogP contribution is 2.26. The summed E-state index contributed by atoms with van der Waals surface area (Å²) in [5.74, 6) is 0.394. The molecule has 18 heavy (non-hydrogen) atoms. The van der Waals surface area contributed by atoms with Crippen LogP contribution in [0.4, 0.5) is 0 Å². The van der Waals surface area contributed by atoms with Crippen LogP contribution in [-0.2, 0) is 7.05 Å². The molecule has 3 aromatic rings. The molecule has 0 aliphatic rings. The summed E-state index contributed by atoms with van der Waals surface area (Å²) >= 11 is 7.13. The molecule has 0 bridgehead atoms. The van der Waals surface area contributed by atoms with Gasteiger partial charge in [-0.3, -0.25) is 4.57 Å². The standard InChI is InChI=1S/C8H6ClN7OS/c1-15-7(17)13-14-8(15)18-5-2-4(9)12-6-10-3-11-16(5)6/h2-3H,1H3,(H,13,17). The summed E-state index contributed by atoms with van der Waals surface area (Å²) in [6.45, 7) is 0. The molecule has 3 aromatic heterocycles. The molecule has 10 heteroatoms. The van der Waals surface area contributed by atoms with E-state index >= 15 is 0 Å². The fourth-order valence-corrected chi connectivity index (χ4v) is 2.48. The molecule has 0 radical (unpaired) electrons. The van der Waals surface area contributed by atoms with Crippen molar-refractivity contribution in [2.75, 3.05) is 0 Å². The van der Waals surface area contributed by atoms with Crippen LogP contribution in [0.3, 0.4) is 0 Å². The van der Waals surface area contributed by atoms with Crippen molar-refractivity contribution < 1.29 is 0 Å². The number of hydrogen-bond donors (Lipinski definition) is 1. The van der Waals surface area contributed by atoms with Crippen LogP contribution in [0.2, 0.25) is 5.15 Å². The van der Waals surface area contributed by atoms with Crippen LogP contribution in [-0.4, -0.2) is 34.3 Å². The molecule has 1 N–H and O–H groups in total. The molecule has 0 aromatic carbocycles. The molecule has 0 amide bonds. The van der Waals surface area contributed by atoms with Gasteiger partial charge in [0.2, 0.25) is 0 Å². The predicted molar refractivity (Wildman–Crippen MR) is 63.7 cm³/mol. The first-order valence-corrected chi connectivity index (χ1v) is 6.00. The van der Waals surface area contributed by atoms with Crippen molar-refractivity contribution in [1.82, 2.24) is 34.3 Å². The van der Waals surface area contributed by atoms with Gasteiger partial charge >= 0.3 is 5.69 Å². The third kappa shape index (κ3) is 1.77. The number of nitrogens with one attached hydrogen (secondary N) is 1. The Bertz CT molecular complexity index is 775. The molecular weight excluding hydrogens is 278 g/mol. The number of nitrogens with zero attached hydrogens (tertiary/aromatic N) is 6. The van der Waals surface area contributed by atoms with Gasteiger partial charge in [-0.1, -0.05) is 11.6 Å². The summed E-state index contributed by atoms with van der Waals surface area (Å²) < 4.78 is 2.91. The second-order valence-corrected chi connectivity index (χ2v) is 4.74. The maximum absolute atomic E-state index is 11.3. The van der Waals surface area contributed by atoms with Crippen LogP contribution >= 0.6 is 23.4 Å². The Morgan fingerprint density at radius 3 is 3.06 bits per heavy atom. The van der Waals surface area contributed by atoms with E-state index in [1.54, 1.807) is 13.1 Å². The lowest BCUT2D eigenvalue weighted by molar-refractivity contribution is 0.759. The van der Waals surface area contributed by atoms with E-state index in [1.165, 1.54) is 27.2 Å². The highest BCUT2D eigenvalue weighted by atomic mass is 35.5. The van der Waals surface area contributed by atoms with E-state index in [2.05, 4.69) is 25.3 Å². The lowest BCUT2D eigenvalue weighted by atomic mass is 10.7. The van der Waals surface area contributed by atoms with Gasteiger partial charge in [0.05, 0.1) is 0 Å². The van der Waals surface area contributed by atoms with Crippen molar-refractivity contribution in [2.45, 2.75) is 10.2 Å². The Kier molecular flexibility index (Phi) is 2.56. The average Bonchev–Trinajstić information content (AvgIpc) is 2.90. The van der Waals surface area contributed by atoms with Crippen LogP contribution < -0.4 is 5.69 Å². The summed E-state index contributed by atoms with van der Waals surface area (Å²) in [5.41, 5.74) is -0.285. The zero-order valence-corrected chi connectivity index (χ0v) is 10.6. The van der Waals surface area contributed by atoms with Gasteiger partial charge in [-0.25, -0.2) is 9.89 Å². The van der Waals surface area contributed by atoms with Gasteiger partial charge < -0.3 is 0 Å². The largest absolute Gasteiger partial charge is 0.343 e. The summed E-state index contributed by atoms with van der Waals surface area (Å²) in [6.07, 6.45) is 1.38. The minimum atomic E-state index is -0.285. The number of hydrogen-bond acceptors (Lipinski definition) is 6. The van der Waals surface area contributed by atoms with Crippen molar-refractivity contribution in [2.24, 2.45) is 7.05 Å². The quantitative estimate of drug-likeness (QED) is 0.682. The van der Waals surface area contributed by atoms with Crippen molar-refractivity contribution >= 4 is 29.1 Å². The van der Waals surface area contributed by atoms with Crippen LogP contribution in [0.25, 0.3) is 5.78 Å². The van der Waals surface area contributed by atoms with Crippen LogP contribution in [0.5, 0.6) is 0 Å².